The van der Waals surface area contributed by atoms with Crippen LogP contribution in [0, 0.1) is 11.3 Å². The Morgan fingerprint density at radius 2 is 2.19 bits per heavy atom. The van der Waals surface area contributed by atoms with Gasteiger partial charge in [-0.15, -0.1) is 0 Å². The lowest BCUT2D eigenvalue weighted by Gasteiger charge is -2.24. The molecule has 0 radical (unpaired) electrons. The highest BCUT2D eigenvalue weighted by atomic mass is 16.5. The number of urea groups is 1. The summed E-state index contributed by atoms with van der Waals surface area (Å²) < 4.78 is 5.35. The average molecular weight is 373 g/mol. The summed E-state index contributed by atoms with van der Waals surface area (Å²) in [6, 6.07) is 4.78. The number of ether oxygens (including phenoxy) is 1. The number of carbonyl (C=O) groups excluding carboxylic acids is 2. The standard InChI is InChI=1S/C19H23N3O5/c1-27-15-5-4-12(9-14(15)22-8-7-20-18(22)26)16(23)21-10-13-3-2-6-19(13,11-21)17(24)25/h4-5,9,13H,2-3,6-8,10-11H2,1H3,(H,20,26)(H,24,25)/t13-,19+/m0/s1. The molecule has 8 nitrogen and oxygen atoms in total. The number of anilines is 1. The molecule has 2 aliphatic heterocycles. The summed E-state index contributed by atoms with van der Waals surface area (Å²) in [5, 5.41) is 12.5. The van der Waals surface area contributed by atoms with Crippen LogP contribution < -0.4 is 15.0 Å². The SMILES string of the molecule is COc1ccc(C(=O)N2C[C@@H]3CCC[C@@]3(C(=O)O)C2)cc1N1CCNC1=O. The lowest BCUT2D eigenvalue weighted by atomic mass is 9.81. The van der Waals surface area contributed by atoms with E-state index < -0.39 is 11.4 Å². The molecule has 1 saturated carbocycles. The fourth-order valence-electron chi connectivity index (χ4n) is 4.71. The second-order valence-corrected chi connectivity index (χ2v) is 7.51. The zero-order valence-electron chi connectivity index (χ0n) is 15.2. The first kappa shape index (κ1) is 17.6. The van der Waals surface area contributed by atoms with Gasteiger partial charge in [0.15, 0.2) is 0 Å². The highest BCUT2D eigenvalue weighted by Crippen LogP contribution is 2.49. The van der Waals surface area contributed by atoms with Crippen molar-refractivity contribution in [2.45, 2.75) is 19.3 Å². The zero-order valence-corrected chi connectivity index (χ0v) is 15.2. The van der Waals surface area contributed by atoms with Crippen LogP contribution in [0.1, 0.15) is 29.6 Å². The first-order valence-electron chi connectivity index (χ1n) is 9.22. The van der Waals surface area contributed by atoms with Crippen LogP contribution in [-0.2, 0) is 4.79 Å². The molecule has 144 valence electrons. The maximum Gasteiger partial charge on any atom is 0.322 e. The number of amides is 3. The van der Waals surface area contributed by atoms with Crippen molar-refractivity contribution in [2.75, 3.05) is 38.2 Å². The normalized spacial score (nSPS) is 26.9. The number of carbonyl (C=O) groups is 3. The van der Waals surface area contributed by atoms with E-state index in [9.17, 15) is 19.5 Å². The Morgan fingerprint density at radius 1 is 1.37 bits per heavy atom. The number of carboxylic acid groups (broad SMARTS) is 1. The van der Waals surface area contributed by atoms with Gasteiger partial charge in [-0.2, -0.15) is 0 Å². The lowest BCUT2D eigenvalue weighted by Crippen LogP contribution is -2.37. The third-order valence-electron chi connectivity index (χ3n) is 6.16. The molecule has 0 aromatic heterocycles. The fourth-order valence-corrected chi connectivity index (χ4v) is 4.71. The molecular formula is C19H23N3O5. The third-order valence-corrected chi connectivity index (χ3v) is 6.16. The van der Waals surface area contributed by atoms with Crippen molar-refractivity contribution in [1.29, 1.82) is 0 Å². The van der Waals surface area contributed by atoms with Crippen molar-refractivity contribution in [3.05, 3.63) is 23.8 Å². The van der Waals surface area contributed by atoms with Crippen molar-refractivity contribution < 1.29 is 24.2 Å². The summed E-state index contributed by atoms with van der Waals surface area (Å²) in [5.74, 6) is -0.470. The van der Waals surface area contributed by atoms with E-state index in [1.807, 2.05) is 0 Å². The van der Waals surface area contributed by atoms with E-state index in [1.54, 1.807) is 28.0 Å². The minimum absolute atomic E-state index is 0.0148. The Kier molecular flexibility index (Phi) is 4.20. The first-order chi connectivity index (χ1) is 13.0. The molecule has 1 aliphatic carbocycles. The molecule has 0 bridgehead atoms. The van der Waals surface area contributed by atoms with Gasteiger partial charge in [0.25, 0.3) is 5.91 Å². The van der Waals surface area contributed by atoms with E-state index in [0.717, 1.165) is 12.8 Å². The van der Waals surface area contributed by atoms with Gasteiger partial charge in [-0.25, -0.2) is 4.79 Å². The van der Waals surface area contributed by atoms with Crippen LogP contribution in [0.4, 0.5) is 10.5 Å². The number of aliphatic carboxylic acids is 1. The molecule has 1 aromatic carbocycles. The topological polar surface area (TPSA) is 99.2 Å². The number of hydrogen-bond donors (Lipinski definition) is 2. The maximum atomic E-state index is 13.1. The lowest BCUT2D eigenvalue weighted by molar-refractivity contribution is -0.149. The Hall–Kier alpha value is -2.77. The number of nitrogens with zero attached hydrogens (tertiary/aromatic N) is 2. The molecule has 27 heavy (non-hydrogen) atoms. The van der Waals surface area contributed by atoms with Crippen molar-refractivity contribution in [2.24, 2.45) is 11.3 Å². The number of benzene rings is 1. The molecular weight excluding hydrogens is 350 g/mol. The quantitative estimate of drug-likeness (QED) is 0.834. The predicted octanol–water partition coefficient (Wildman–Crippen LogP) is 1.55. The van der Waals surface area contributed by atoms with Gasteiger partial charge in [-0.05, 0) is 37.0 Å². The highest BCUT2D eigenvalue weighted by molar-refractivity contribution is 6.00. The Balaban J connectivity index is 1.61. The van der Waals surface area contributed by atoms with E-state index in [4.69, 9.17) is 4.74 Å². The van der Waals surface area contributed by atoms with Crippen molar-refractivity contribution in [3.8, 4) is 5.75 Å². The highest BCUT2D eigenvalue weighted by Gasteiger charge is 2.55. The molecule has 3 fully saturated rings. The minimum atomic E-state index is -0.806. The molecule has 2 atom stereocenters. The summed E-state index contributed by atoms with van der Waals surface area (Å²) in [6.45, 7) is 1.75. The van der Waals surface area contributed by atoms with E-state index in [1.165, 1.54) is 7.11 Å². The van der Waals surface area contributed by atoms with Crippen LogP contribution in [0.2, 0.25) is 0 Å². The fraction of sp³-hybridized carbons (Fsp3) is 0.526. The van der Waals surface area contributed by atoms with Crippen LogP contribution in [0.5, 0.6) is 5.75 Å². The van der Waals surface area contributed by atoms with E-state index >= 15 is 0 Å². The average Bonchev–Trinajstić information content (AvgIpc) is 3.34. The smallest absolute Gasteiger partial charge is 0.322 e. The molecule has 8 heteroatoms. The second-order valence-electron chi connectivity index (χ2n) is 7.51. The van der Waals surface area contributed by atoms with Crippen molar-refractivity contribution in [3.63, 3.8) is 0 Å². The van der Waals surface area contributed by atoms with E-state index in [0.29, 0.717) is 43.1 Å². The van der Waals surface area contributed by atoms with Crippen LogP contribution in [0.3, 0.4) is 0 Å². The monoisotopic (exact) mass is 373 g/mol. The van der Waals surface area contributed by atoms with Gasteiger partial charge in [0.05, 0.1) is 18.2 Å². The van der Waals surface area contributed by atoms with Crippen LogP contribution in [0.25, 0.3) is 0 Å². The molecule has 0 unspecified atom stereocenters. The number of likely N-dealkylation sites (tertiary alicyclic amines) is 1. The van der Waals surface area contributed by atoms with E-state index in [-0.39, 0.29) is 24.4 Å². The first-order valence-corrected chi connectivity index (χ1v) is 9.22. The number of fused-ring (bicyclic) bond motifs is 1. The van der Waals surface area contributed by atoms with Crippen LogP contribution >= 0.6 is 0 Å². The molecule has 1 aromatic rings. The number of methoxy groups -OCH3 is 1. The molecule has 2 N–H and O–H groups in total. The van der Waals surface area contributed by atoms with Gasteiger partial charge < -0.3 is 20.1 Å². The molecule has 0 spiro atoms. The van der Waals surface area contributed by atoms with E-state index in [2.05, 4.69) is 5.32 Å². The van der Waals surface area contributed by atoms with Gasteiger partial charge in [-0.1, -0.05) is 6.42 Å². The summed E-state index contributed by atoms with van der Waals surface area (Å²) in [6.07, 6.45) is 2.37. The minimum Gasteiger partial charge on any atom is -0.495 e. The number of nitrogens with one attached hydrogen (secondary N) is 1. The van der Waals surface area contributed by atoms with Crippen LogP contribution in [-0.4, -0.2) is 61.2 Å². The van der Waals surface area contributed by atoms with Crippen molar-refractivity contribution >= 4 is 23.6 Å². The Labute approximate surface area is 157 Å². The van der Waals surface area contributed by atoms with Gasteiger partial charge >= 0.3 is 12.0 Å². The number of rotatable bonds is 4. The predicted molar refractivity (Wildman–Crippen MR) is 97.1 cm³/mol. The second kappa shape index (κ2) is 6.44. The van der Waals surface area contributed by atoms with Gasteiger partial charge in [0.1, 0.15) is 5.75 Å². The van der Waals surface area contributed by atoms with Gasteiger partial charge in [0.2, 0.25) is 0 Å². The summed E-state index contributed by atoms with van der Waals surface area (Å²) in [4.78, 5) is 40.1. The summed E-state index contributed by atoms with van der Waals surface area (Å²) in [5.41, 5.74) is 0.177. The summed E-state index contributed by atoms with van der Waals surface area (Å²) in [7, 11) is 1.52. The van der Waals surface area contributed by atoms with Crippen molar-refractivity contribution in [1.82, 2.24) is 10.2 Å². The third kappa shape index (κ3) is 2.70. The zero-order chi connectivity index (χ0) is 19.2. The number of carboxylic acids is 1. The number of hydrogen-bond acceptors (Lipinski definition) is 4. The maximum absolute atomic E-state index is 13.1. The van der Waals surface area contributed by atoms with Crippen LogP contribution in [0.15, 0.2) is 18.2 Å². The molecule has 2 saturated heterocycles. The van der Waals surface area contributed by atoms with Gasteiger partial charge in [-0.3, -0.25) is 14.5 Å². The molecule has 3 aliphatic rings. The Morgan fingerprint density at radius 3 is 2.81 bits per heavy atom. The summed E-state index contributed by atoms with van der Waals surface area (Å²) >= 11 is 0. The molecule has 2 heterocycles. The Bertz CT molecular complexity index is 811. The molecule has 3 amide bonds. The largest absolute Gasteiger partial charge is 0.495 e. The molecule has 4 rings (SSSR count). The van der Waals surface area contributed by atoms with Gasteiger partial charge in [0, 0.05) is 31.7 Å².